The van der Waals surface area contributed by atoms with Crippen LogP contribution in [0.15, 0.2) is 18.7 Å². The number of amides is 1. The molecule has 0 fully saturated rings. The molecule has 0 aliphatic rings. The first-order valence-corrected chi connectivity index (χ1v) is 8.18. The summed E-state index contributed by atoms with van der Waals surface area (Å²) in [6, 6.07) is 0.452. The average molecular weight is 372 g/mol. The van der Waals surface area contributed by atoms with Gasteiger partial charge in [-0.2, -0.15) is 0 Å². The molecule has 0 atom stereocenters. The van der Waals surface area contributed by atoms with E-state index in [-0.39, 0.29) is 35.6 Å². The van der Waals surface area contributed by atoms with E-state index in [0.717, 1.165) is 11.3 Å². The maximum absolute atomic E-state index is 13.8. The number of hydrogen-bond donors (Lipinski definition) is 1. The summed E-state index contributed by atoms with van der Waals surface area (Å²) in [4.78, 5) is 28.0. The van der Waals surface area contributed by atoms with Crippen LogP contribution < -0.4 is 0 Å². The first-order valence-electron chi connectivity index (χ1n) is 7.36. The van der Waals surface area contributed by atoms with E-state index >= 15 is 0 Å². The topological polar surface area (TPSA) is 70.5 Å². The van der Waals surface area contributed by atoms with E-state index < -0.39 is 34.8 Å². The fourth-order valence-corrected chi connectivity index (χ4v) is 3.15. The number of rotatable bonds is 8. The molecule has 1 N–H and O–H groups in total. The molecule has 0 spiro atoms. The predicted molar refractivity (Wildman–Crippen MR) is 86.6 cm³/mol. The summed E-state index contributed by atoms with van der Waals surface area (Å²) in [5.74, 6) is -5.02. The molecule has 0 saturated carbocycles. The first-order chi connectivity index (χ1) is 11.8. The van der Waals surface area contributed by atoms with Crippen LogP contribution in [0, 0.1) is 17.5 Å². The second-order valence-electron chi connectivity index (χ2n) is 5.23. The van der Waals surface area contributed by atoms with Gasteiger partial charge in [0.25, 0.3) is 0 Å². The highest BCUT2D eigenvalue weighted by Gasteiger charge is 2.20. The molecule has 2 aromatic rings. The Bertz CT molecular complexity index is 823. The zero-order valence-corrected chi connectivity index (χ0v) is 13.9. The van der Waals surface area contributed by atoms with Gasteiger partial charge in [-0.15, -0.1) is 17.9 Å². The predicted octanol–water partition coefficient (Wildman–Crippen LogP) is 3.48. The van der Waals surface area contributed by atoms with Crippen LogP contribution in [-0.4, -0.2) is 33.4 Å². The molecule has 0 unspecified atom stereocenters. The lowest BCUT2D eigenvalue weighted by Crippen LogP contribution is -2.31. The number of hydrogen-bond acceptors (Lipinski definition) is 4. The molecule has 0 saturated heterocycles. The summed E-state index contributed by atoms with van der Waals surface area (Å²) in [6.45, 7) is 3.77. The van der Waals surface area contributed by atoms with Crippen LogP contribution in [0.1, 0.15) is 24.3 Å². The average Bonchev–Trinajstić information content (AvgIpc) is 2.99. The summed E-state index contributed by atoms with van der Waals surface area (Å²) >= 11 is 0.822. The number of fused-ring (bicyclic) bond motifs is 1. The van der Waals surface area contributed by atoms with Crippen LogP contribution >= 0.6 is 11.3 Å². The van der Waals surface area contributed by atoms with Crippen LogP contribution in [0.3, 0.4) is 0 Å². The van der Waals surface area contributed by atoms with Crippen molar-refractivity contribution >= 4 is 33.4 Å². The molecule has 2 rings (SSSR count). The van der Waals surface area contributed by atoms with Gasteiger partial charge < -0.3 is 10.0 Å². The lowest BCUT2D eigenvalue weighted by molar-refractivity contribution is -0.141. The monoisotopic (exact) mass is 372 g/mol. The van der Waals surface area contributed by atoms with Crippen LogP contribution in [0.4, 0.5) is 13.2 Å². The number of carboxylic acids is 1. The van der Waals surface area contributed by atoms with Gasteiger partial charge in [-0.25, -0.2) is 18.2 Å². The molecule has 1 aromatic heterocycles. The summed E-state index contributed by atoms with van der Waals surface area (Å²) < 4.78 is 40.6. The highest BCUT2D eigenvalue weighted by Crippen LogP contribution is 2.29. The van der Waals surface area contributed by atoms with E-state index in [1.165, 1.54) is 4.90 Å². The Labute approximate surface area is 145 Å². The smallest absolute Gasteiger partial charge is 0.303 e. The molecule has 0 bridgehead atoms. The summed E-state index contributed by atoms with van der Waals surface area (Å²) in [5, 5.41) is 8.90. The van der Waals surface area contributed by atoms with Crippen molar-refractivity contribution in [1.82, 2.24) is 9.88 Å². The number of aromatic nitrogens is 1. The Morgan fingerprint density at radius 2 is 2.00 bits per heavy atom. The maximum Gasteiger partial charge on any atom is 0.303 e. The summed E-state index contributed by atoms with van der Waals surface area (Å²) in [6.07, 6.45) is 1.53. The van der Waals surface area contributed by atoms with Crippen molar-refractivity contribution in [3.63, 3.8) is 0 Å². The summed E-state index contributed by atoms with van der Waals surface area (Å²) in [7, 11) is 0. The van der Waals surface area contributed by atoms with E-state index in [1.54, 1.807) is 6.08 Å². The molecular formula is C16H15F3N2O3S. The standard InChI is InChI=1S/C16H15F3N2O3S/c1-2-3-6-21(12(22)4-5-13(23)24)8-11-20-15-14(19)9(17)7-10(18)16(15)25-11/h2,7H,1,3-6,8H2,(H,23,24). The van der Waals surface area contributed by atoms with Crippen molar-refractivity contribution in [2.75, 3.05) is 6.54 Å². The van der Waals surface area contributed by atoms with E-state index in [1.807, 2.05) is 0 Å². The zero-order valence-electron chi connectivity index (χ0n) is 13.1. The van der Waals surface area contributed by atoms with Crippen LogP contribution in [0.2, 0.25) is 0 Å². The Kier molecular flexibility index (Phi) is 6.13. The number of carbonyl (C=O) groups is 2. The van der Waals surface area contributed by atoms with Gasteiger partial charge >= 0.3 is 5.97 Å². The first kappa shape index (κ1) is 18.9. The Hall–Kier alpha value is -2.42. The van der Waals surface area contributed by atoms with Gasteiger partial charge in [0.05, 0.1) is 17.7 Å². The molecular weight excluding hydrogens is 357 g/mol. The number of thiazole rings is 1. The second kappa shape index (κ2) is 8.11. The molecule has 0 radical (unpaired) electrons. The van der Waals surface area contributed by atoms with Crippen molar-refractivity contribution in [1.29, 1.82) is 0 Å². The van der Waals surface area contributed by atoms with Gasteiger partial charge in [0.1, 0.15) is 16.3 Å². The molecule has 1 amide bonds. The molecule has 1 heterocycles. The van der Waals surface area contributed by atoms with Crippen LogP contribution in [0.5, 0.6) is 0 Å². The van der Waals surface area contributed by atoms with Crippen molar-refractivity contribution in [3.05, 3.63) is 41.2 Å². The van der Waals surface area contributed by atoms with Crippen molar-refractivity contribution in [3.8, 4) is 0 Å². The van der Waals surface area contributed by atoms with Crippen LogP contribution in [0.25, 0.3) is 10.2 Å². The quantitative estimate of drug-likeness (QED) is 0.569. The van der Waals surface area contributed by atoms with Gasteiger partial charge in [0, 0.05) is 19.0 Å². The molecule has 0 aliphatic carbocycles. The third-order valence-corrected chi connectivity index (χ3v) is 4.44. The van der Waals surface area contributed by atoms with Crippen molar-refractivity contribution < 1.29 is 27.9 Å². The van der Waals surface area contributed by atoms with E-state index in [4.69, 9.17) is 5.11 Å². The summed E-state index contributed by atoms with van der Waals surface area (Å²) in [5.41, 5.74) is -0.417. The molecule has 25 heavy (non-hydrogen) atoms. The van der Waals surface area contributed by atoms with Gasteiger partial charge in [-0.1, -0.05) is 6.08 Å². The maximum atomic E-state index is 13.8. The molecule has 0 aliphatic heterocycles. The largest absolute Gasteiger partial charge is 0.481 e. The van der Waals surface area contributed by atoms with Crippen molar-refractivity contribution in [2.45, 2.75) is 25.8 Å². The Morgan fingerprint density at radius 1 is 1.28 bits per heavy atom. The molecule has 9 heteroatoms. The fourth-order valence-electron chi connectivity index (χ4n) is 2.17. The van der Waals surface area contributed by atoms with E-state index in [9.17, 15) is 22.8 Å². The minimum atomic E-state index is -1.33. The number of benzene rings is 1. The van der Waals surface area contributed by atoms with Crippen LogP contribution in [-0.2, 0) is 16.1 Å². The third-order valence-electron chi connectivity index (χ3n) is 3.39. The number of nitrogens with zero attached hydrogens (tertiary/aromatic N) is 2. The third kappa shape index (κ3) is 4.56. The number of carboxylic acid groups (broad SMARTS) is 1. The Balaban J connectivity index is 2.25. The molecule has 134 valence electrons. The zero-order chi connectivity index (χ0) is 18.6. The molecule has 5 nitrogen and oxygen atoms in total. The second-order valence-corrected chi connectivity index (χ2v) is 6.31. The Morgan fingerprint density at radius 3 is 2.64 bits per heavy atom. The number of aliphatic carboxylic acids is 1. The highest BCUT2D eigenvalue weighted by molar-refractivity contribution is 7.18. The number of carbonyl (C=O) groups excluding carboxylic acids is 1. The highest BCUT2D eigenvalue weighted by atomic mass is 32.1. The van der Waals surface area contributed by atoms with Gasteiger partial charge in [0.2, 0.25) is 5.91 Å². The lowest BCUT2D eigenvalue weighted by Gasteiger charge is -2.20. The van der Waals surface area contributed by atoms with Gasteiger partial charge in [-0.05, 0) is 6.42 Å². The fraction of sp³-hybridized carbons (Fsp3) is 0.312. The lowest BCUT2D eigenvalue weighted by atomic mass is 10.2. The van der Waals surface area contributed by atoms with Crippen molar-refractivity contribution in [2.24, 2.45) is 0 Å². The van der Waals surface area contributed by atoms with Gasteiger partial charge in [-0.3, -0.25) is 9.59 Å². The normalized spacial score (nSPS) is 10.8. The SMILES string of the molecule is C=CCCN(Cc1nc2c(F)c(F)cc(F)c2s1)C(=O)CCC(=O)O. The van der Waals surface area contributed by atoms with E-state index in [0.29, 0.717) is 12.5 Å². The van der Waals surface area contributed by atoms with Gasteiger partial charge in [0.15, 0.2) is 11.6 Å². The minimum absolute atomic E-state index is 0.0495. The molecule has 1 aromatic carbocycles. The number of halogens is 3. The van der Waals surface area contributed by atoms with E-state index in [2.05, 4.69) is 11.6 Å². The minimum Gasteiger partial charge on any atom is -0.481 e.